The van der Waals surface area contributed by atoms with Gasteiger partial charge in [0, 0.05) is 5.56 Å². The highest BCUT2D eigenvalue weighted by molar-refractivity contribution is 6.46. The van der Waals surface area contributed by atoms with Crippen molar-refractivity contribution in [2.24, 2.45) is 0 Å². The van der Waals surface area contributed by atoms with Crippen LogP contribution in [0, 0.1) is 6.92 Å². The van der Waals surface area contributed by atoms with Crippen molar-refractivity contribution in [1.29, 1.82) is 0 Å². The number of aliphatic hydroxyl groups is 1. The number of carbonyl (C=O) groups excluding carboxylic acids is 2. The van der Waals surface area contributed by atoms with Gasteiger partial charge in [-0.1, -0.05) is 12.1 Å². The van der Waals surface area contributed by atoms with Gasteiger partial charge >= 0.3 is 0 Å². The molecular weight excluding hydrogens is 474 g/mol. The topological polar surface area (TPSA) is 94.5 Å². The number of nitrogens with zero attached hydrogens (tertiary/aromatic N) is 1. The predicted octanol–water partition coefficient (Wildman–Crippen LogP) is 4.52. The number of carbonyl (C=O) groups is 2. The molecule has 37 heavy (non-hydrogen) atoms. The molecular formula is C29H29NO7. The van der Waals surface area contributed by atoms with Crippen LogP contribution in [0.3, 0.4) is 0 Å². The summed E-state index contributed by atoms with van der Waals surface area (Å²) in [4.78, 5) is 27.8. The van der Waals surface area contributed by atoms with Gasteiger partial charge in [0.25, 0.3) is 11.7 Å². The second-order valence-corrected chi connectivity index (χ2v) is 8.47. The molecule has 1 aliphatic rings. The highest BCUT2D eigenvalue weighted by Crippen LogP contribution is 2.40. The Bertz CT molecular complexity index is 1310. The Balaban J connectivity index is 1.69. The smallest absolute Gasteiger partial charge is 0.295 e. The van der Waals surface area contributed by atoms with E-state index in [1.54, 1.807) is 88.1 Å². The number of aliphatic hydroxyl groups excluding tert-OH is 1. The van der Waals surface area contributed by atoms with Crippen LogP contribution < -0.4 is 18.9 Å². The maximum atomic E-state index is 13.2. The fourth-order valence-electron chi connectivity index (χ4n) is 4.36. The van der Waals surface area contributed by atoms with Crippen molar-refractivity contribution in [1.82, 2.24) is 4.90 Å². The van der Waals surface area contributed by atoms with Gasteiger partial charge in [-0.2, -0.15) is 0 Å². The molecule has 1 atom stereocenters. The second-order valence-electron chi connectivity index (χ2n) is 8.47. The fraction of sp³-hybridized carbons (Fsp3) is 0.241. The zero-order valence-electron chi connectivity index (χ0n) is 21.2. The van der Waals surface area contributed by atoms with E-state index in [4.69, 9.17) is 18.9 Å². The molecule has 1 unspecified atom stereocenters. The van der Waals surface area contributed by atoms with Crippen LogP contribution >= 0.6 is 0 Å². The Labute approximate surface area is 215 Å². The van der Waals surface area contributed by atoms with Crippen molar-refractivity contribution < 1.29 is 33.6 Å². The molecule has 0 radical (unpaired) electrons. The second kappa shape index (κ2) is 11.1. The number of likely N-dealkylation sites (tertiary alicyclic amines) is 1. The minimum absolute atomic E-state index is 0.0178. The number of benzene rings is 3. The highest BCUT2D eigenvalue weighted by Gasteiger charge is 2.46. The SMILES string of the molecule is COc1ccc(OCCN2C(=O)C(=O)/C(=C(\O)c3ccc(OC)c(C)c3)C2c2ccc(OC)cc2)cc1. The third-order valence-corrected chi connectivity index (χ3v) is 6.30. The molecule has 3 aromatic carbocycles. The lowest BCUT2D eigenvalue weighted by atomic mass is 9.94. The molecule has 8 heteroatoms. The summed E-state index contributed by atoms with van der Waals surface area (Å²) < 4.78 is 21.5. The Morgan fingerprint density at radius 1 is 0.838 bits per heavy atom. The molecule has 1 amide bonds. The molecule has 0 saturated carbocycles. The van der Waals surface area contributed by atoms with E-state index in [1.165, 1.54) is 4.90 Å². The van der Waals surface area contributed by atoms with Gasteiger partial charge in [0.05, 0.1) is 39.5 Å². The van der Waals surface area contributed by atoms with E-state index in [0.717, 1.165) is 5.56 Å². The van der Waals surface area contributed by atoms with Gasteiger partial charge in [0.2, 0.25) is 0 Å². The van der Waals surface area contributed by atoms with Crippen molar-refractivity contribution in [2.75, 3.05) is 34.5 Å². The summed E-state index contributed by atoms with van der Waals surface area (Å²) in [6.07, 6.45) is 0. The van der Waals surface area contributed by atoms with Crippen LogP contribution in [0.2, 0.25) is 0 Å². The third-order valence-electron chi connectivity index (χ3n) is 6.30. The first-order chi connectivity index (χ1) is 17.9. The molecule has 1 aliphatic heterocycles. The summed E-state index contributed by atoms with van der Waals surface area (Å²) in [5, 5.41) is 11.3. The van der Waals surface area contributed by atoms with Crippen LogP contribution in [0.5, 0.6) is 23.0 Å². The molecule has 0 bridgehead atoms. The number of rotatable bonds is 9. The van der Waals surface area contributed by atoms with Crippen molar-refractivity contribution >= 4 is 17.4 Å². The van der Waals surface area contributed by atoms with Crippen LogP contribution in [0.25, 0.3) is 5.76 Å². The molecule has 0 aliphatic carbocycles. The summed E-state index contributed by atoms with van der Waals surface area (Å²) in [7, 11) is 4.70. The first kappa shape index (κ1) is 25.6. The van der Waals surface area contributed by atoms with Gasteiger partial charge in [0.15, 0.2) is 0 Å². The maximum absolute atomic E-state index is 13.2. The van der Waals surface area contributed by atoms with Crippen molar-refractivity contribution in [3.05, 3.63) is 89.0 Å². The van der Waals surface area contributed by atoms with Crippen molar-refractivity contribution in [3.63, 3.8) is 0 Å². The predicted molar refractivity (Wildman–Crippen MR) is 138 cm³/mol. The third kappa shape index (κ3) is 5.23. The summed E-state index contributed by atoms with van der Waals surface area (Å²) in [6, 6.07) is 18.4. The number of methoxy groups -OCH3 is 3. The lowest BCUT2D eigenvalue weighted by Crippen LogP contribution is -2.33. The van der Waals surface area contributed by atoms with E-state index < -0.39 is 17.7 Å². The molecule has 8 nitrogen and oxygen atoms in total. The highest BCUT2D eigenvalue weighted by atomic mass is 16.5. The van der Waals surface area contributed by atoms with Crippen LogP contribution in [-0.4, -0.2) is 56.2 Å². The van der Waals surface area contributed by atoms with E-state index in [1.807, 2.05) is 6.92 Å². The standard InChI is InChI=1S/C29H29NO7/c1-18-17-20(7-14-24(18)36-4)27(31)25-26(19-5-8-21(34-2)9-6-19)30(29(33)28(25)32)15-16-37-23-12-10-22(35-3)11-13-23/h5-14,17,26,31H,15-16H2,1-4H3/b27-25-. The summed E-state index contributed by atoms with van der Waals surface area (Å²) >= 11 is 0. The average molecular weight is 504 g/mol. The average Bonchev–Trinajstić information content (AvgIpc) is 3.18. The first-order valence-electron chi connectivity index (χ1n) is 11.7. The lowest BCUT2D eigenvalue weighted by molar-refractivity contribution is -0.140. The summed E-state index contributed by atoms with van der Waals surface area (Å²) in [6.45, 7) is 2.12. The zero-order chi connectivity index (χ0) is 26.5. The van der Waals surface area contributed by atoms with Gasteiger partial charge in [-0.3, -0.25) is 9.59 Å². The van der Waals surface area contributed by atoms with Crippen molar-refractivity contribution in [2.45, 2.75) is 13.0 Å². The van der Waals surface area contributed by atoms with E-state index in [9.17, 15) is 14.7 Å². The first-order valence-corrected chi connectivity index (χ1v) is 11.7. The van der Waals surface area contributed by atoms with Gasteiger partial charge < -0.3 is 29.0 Å². The molecule has 0 spiro atoms. The van der Waals surface area contributed by atoms with Gasteiger partial charge in [0.1, 0.15) is 35.4 Å². The number of ether oxygens (including phenoxy) is 4. The minimum atomic E-state index is -0.798. The number of ketones is 1. The number of Topliss-reactive ketones (excluding diaryl/α,β-unsaturated/α-hetero) is 1. The molecule has 192 valence electrons. The minimum Gasteiger partial charge on any atom is -0.507 e. The Hall–Kier alpha value is -4.46. The number of amides is 1. The Morgan fingerprint density at radius 3 is 2.00 bits per heavy atom. The summed E-state index contributed by atoms with van der Waals surface area (Å²) in [5.74, 6) is 0.887. The Kier molecular flexibility index (Phi) is 7.67. The van der Waals surface area contributed by atoms with Crippen LogP contribution in [0.4, 0.5) is 0 Å². The van der Waals surface area contributed by atoms with Gasteiger partial charge in [-0.15, -0.1) is 0 Å². The molecule has 4 rings (SSSR count). The fourth-order valence-corrected chi connectivity index (χ4v) is 4.36. The summed E-state index contributed by atoms with van der Waals surface area (Å²) in [5.41, 5.74) is 1.89. The van der Waals surface area contributed by atoms with Crippen molar-refractivity contribution in [3.8, 4) is 23.0 Å². The molecule has 3 aromatic rings. The van der Waals surface area contributed by atoms with E-state index in [2.05, 4.69) is 0 Å². The van der Waals surface area contributed by atoms with Crippen LogP contribution in [-0.2, 0) is 9.59 Å². The zero-order valence-corrected chi connectivity index (χ0v) is 21.2. The number of aryl methyl sites for hydroxylation is 1. The normalized spacial score (nSPS) is 16.5. The Morgan fingerprint density at radius 2 is 1.43 bits per heavy atom. The quantitative estimate of drug-likeness (QED) is 0.261. The van der Waals surface area contributed by atoms with Gasteiger partial charge in [-0.05, 0) is 72.6 Å². The van der Waals surface area contributed by atoms with E-state index >= 15 is 0 Å². The largest absolute Gasteiger partial charge is 0.507 e. The number of hydrogen-bond donors (Lipinski definition) is 1. The van der Waals surface area contributed by atoms with Gasteiger partial charge in [-0.25, -0.2) is 0 Å². The monoisotopic (exact) mass is 503 g/mol. The molecule has 0 aromatic heterocycles. The van der Waals surface area contributed by atoms with E-state index in [0.29, 0.717) is 34.1 Å². The number of hydrogen-bond acceptors (Lipinski definition) is 7. The lowest BCUT2D eigenvalue weighted by Gasteiger charge is -2.25. The molecule has 1 heterocycles. The van der Waals surface area contributed by atoms with Crippen LogP contribution in [0.1, 0.15) is 22.7 Å². The molecule has 1 N–H and O–H groups in total. The molecule has 1 saturated heterocycles. The molecule has 1 fully saturated rings. The van der Waals surface area contributed by atoms with Crippen LogP contribution in [0.15, 0.2) is 72.3 Å². The maximum Gasteiger partial charge on any atom is 0.295 e. The van der Waals surface area contributed by atoms with E-state index in [-0.39, 0.29) is 24.5 Å².